The quantitative estimate of drug-likeness (QED) is 0.594. The van der Waals surface area contributed by atoms with E-state index in [4.69, 9.17) is 5.10 Å². The van der Waals surface area contributed by atoms with E-state index in [0.29, 0.717) is 5.69 Å². The zero-order valence-corrected chi connectivity index (χ0v) is 18.9. The Labute approximate surface area is 179 Å². The van der Waals surface area contributed by atoms with E-state index in [1.165, 1.54) is 16.5 Å². The second kappa shape index (κ2) is 7.57. The van der Waals surface area contributed by atoms with Gasteiger partial charge in [0.05, 0.1) is 5.69 Å². The van der Waals surface area contributed by atoms with E-state index in [1.807, 2.05) is 4.68 Å². The summed E-state index contributed by atoms with van der Waals surface area (Å²) in [6.07, 6.45) is 5.05. The SMILES string of the molecule is CC(C)(C)CC(C)(C)NC(=O)c1nn(-c2ccc3ccccc3c2)c2c1CCCC2. The molecule has 0 radical (unpaired) electrons. The molecular weight excluding hydrogens is 370 g/mol. The van der Waals surface area contributed by atoms with Crippen molar-refractivity contribution < 1.29 is 4.79 Å². The average Bonchev–Trinajstić information content (AvgIpc) is 3.05. The van der Waals surface area contributed by atoms with Crippen molar-refractivity contribution in [1.82, 2.24) is 15.1 Å². The van der Waals surface area contributed by atoms with Crippen LogP contribution < -0.4 is 5.32 Å². The Morgan fingerprint density at radius 2 is 1.70 bits per heavy atom. The maximum absolute atomic E-state index is 13.3. The van der Waals surface area contributed by atoms with Crippen molar-refractivity contribution in [2.45, 2.75) is 72.3 Å². The summed E-state index contributed by atoms with van der Waals surface area (Å²) in [5.41, 5.74) is 3.79. The maximum Gasteiger partial charge on any atom is 0.272 e. The van der Waals surface area contributed by atoms with E-state index in [9.17, 15) is 4.79 Å². The minimum Gasteiger partial charge on any atom is -0.346 e. The highest BCUT2D eigenvalue weighted by Crippen LogP contribution is 2.30. The number of amides is 1. The number of hydrogen-bond acceptors (Lipinski definition) is 2. The minimum absolute atomic E-state index is 0.0538. The summed E-state index contributed by atoms with van der Waals surface area (Å²) in [5.74, 6) is -0.0538. The van der Waals surface area contributed by atoms with E-state index >= 15 is 0 Å². The van der Waals surface area contributed by atoms with Gasteiger partial charge in [0.15, 0.2) is 5.69 Å². The Kier molecular flexibility index (Phi) is 5.21. The number of carbonyl (C=O) groups excluding carboxylic acids is 1. The average molecular weight is 404 g/mol. The third kappa shape index (κ3) is 4.28. The smallest absolute Gasteiger partial charge is 0.272 e. The molecule has 4 rings (SSSR count). The number of benzene rings is 2. The lowest BCUT2D eigenvalue weighted by Crippen LogP contribution is -2.46. The van der Waals surface area contributed by atoms with Gasteiger partial charge >= 0.3 is 0 Å². The number of fused-ring (bicyclic) bond motifs is 2. The molecule has 0 atom stereocenters. The standard InChI is InChI=1S/C26H33N3O/c1-25(2,3)17-26(4,5)27-24(30)23-21-12-8-9-13-22(21)29(28-23)20-15-14-18-10-6-7-11-19(18)16-20/h6-7,10-11,14-16H,8-9,12-13,17H2,1-5H3,(H,27,30). The summed E-state index contributed by atoms with van der Waals surface area (Å²) in [6.45, 7) is 10.8. The first kappa shape index (κ1) is 20.6. The number of carbonyl (C=O) groups is 1. The molecule has 0 saturated heterocycles. The molecule has 1 aliphatic carbocycles. The minimum atomic E-state index is -0.288. The van der Waals surface area contributed by atoms with E-state index in [1.54, 1.807) is 0 Å². The van der Waals surface area contributed by atoms with Crippen molar-refractivity contribution >= 4 is 16.7 Å². The normalized spacial score (nSPS) is 14.6. The Bertz CT molecular complexity index is 1090. The lowest BCUT2D eigenvalue weighted by molar-refractivity contribution is 0.0884. The third-order valence-corrected chi connectivity index (χ3v) is 5.80. The van der Waals surface area contributed by atoms with Crippen LogP contribution in [0.1, 0.15) is 75.6 Å². The second-order valence-electron chi connectivity index (χ2n) is 10.5. The van der Waals surface area contributed by atoms with Crippen molar-refractivity contribution in [3.8, 4) is 5.69 Å². The topological polar surface area (TPSA) is 46.9 Å². The lowest BCUT2D eigenvalue weighted by atomic mass is 9.81. The molecule has 3 aromatic rings. The summed E-state index contributed by atoms with van der Waals surface area (Å²) in [4.78, 5) is 13.3. The Morgan fingerprint density at radius 1 is 1.00 bits per heavy atom. The molecule has 1 amide bonds. The van der Waals surface area contributed by atoms with Crippen LogP contribution in [0.15, 0.2) is 42.5 Å². The van der Waals surface area contributed by atoms with Crippen LogP contribution in [0.4, 0.5) is 0 Å². The predicted molar refractivity (Wildman–Crippen MR) is 123 cm³/mol. The van der Waals surface area contributed by atoms with Crippen molar-refractivity contribution in [1.29, 1.82) is 0 Å². The molecule has 30 heavy (non-hydrogen) atoms. The Balaban J connectivity index is 1.71. The number of rotatable bonds is 4. The highest BCUT2D eigenvalue weighted by atomic mass is 16.2. The third-order valence-electron chi connectivity index (χ3n) is 5.80. The first-order chi connectivity index (χ1) is 14.1. The fourth-order valence-electron chi connectivity index (χ4n) is 5.04. The highest BCUT2D eigenvalue weighted by Gasteiger charge is 2.31. The van der Waals surface area contributed by atoms with Gasteiger partial charge < -0.3 is 5.32 Å². The van der Waals surface area contributed by atoms with Gasteiger partial charge in [0.2, 0.25) is 0 Å². The van der Waals surface area contributed by atoms with Gasteiger partial charge in [-0.25, -0.2) is 4.68 Å². The van der Waals surface area contributed by atoms with Gasteiger partial charge in [-0.2, -0.15) is 5.10 Å². The van der Waals surface area contributed by atoms with Crippen LogP contribution in [0.3, 0.4) is 0 Å². The Morgan fingerprint density at radius 3 is 2.43 bits per heavy atom. The predicted octanol–water partition coefficient (Wildman–Crippen LogP) is 5.85. The van der Waals surface area contributed by atoms with Gasteiger partial charge in [0.1, 0.15) is 0 Å². The first-order valence-corrected chi connectivity index (χ1v) is 11.1. The maximum atomic E-state index is 13.3. The zero-order chi connectivity index (χ0) is 21.5. The van der Waals surface area contributed by atoms with Gasteiger partial charge in [-0.05, 0) is 74.3 Å². The van der Waals surface area contributed by atoms with Crippen LogP contribution in [-0.2, 0) is 12.8 Å². The first-order valence-electron chi connectivity index (χ1n) is 11.1. The van der Waals surface area contributed by atoms with Gasteiger partial charge in [-0.3, -0.25) is 4.79 Å². The lowest BCUT2D eigenvalue weighted by Gasteiger charge is -2.33. The molecule has 1 aliphatic rings. The van der Waals surface area contributed by atoms with Crippen LogP contribution >= 0.6 is 0 Å². The fourth-order valence-corrected chi connectivity index (χ4v) is 5.04. The Hall–Kier alpha value is -2.62. The van der Waals surface area contributed by atoms with Crippen LogP contribution in [0.2, 0.25) is 0 Å². The summed E-state index contributed by atoms with van der Waals surface area (Å²) >= 11 is 0. The van der Waals surface area contributed by atoms with Crippen molar-refractivity contribution in [2.75, 3.05) is 0 Å². The summed E-state index contributed by atoms with van der Waals surface area (Å²) < 4.78 is 2.01. The molecule has 0 spiro atoms. The summed E-state index contributed by atoms with van der Waals surface area (Å²) in [7, 11) is 0. The van der Waals surface area contributed by atoms with Gasteiger partial charge in [0.25, 0.3) is 5.91 Å². The van der Waals surface area contributed by atoms with Crippen LogP contribution in [0.5, 0.6) is 0 Å². The van der Waals surface area contributed by atoms with Crippen molar-refractivity contribution in [2.24, 2.45) is 5.41 Å². The molecule has 4 nitrogen and oxygen atoms in total. The molecule has 1 heterocycles. The molecule has 0 bridgehead atoms. The second-order valence-corrected chi connectivity index (χ2v) is 10.5. The molecular formula is C26H33N3O. The van der Waals surface area contributed by atoms with Gasteiger partial charge in [-0.15, -0.1) is 0 Å². The van der Waals surface area contributed by atoms with Gasteiger partial charge in [-0.1, -0.05) is 51.1 Å². The zero-order valence-electron chi connectivity index (χ0n) is 18.9. The molecule has 0 fully saturated rings. The largest absolute Gasteiger partial charge is 0.346 e. The number of aromatic nitrogens is 2. The number of hydrogen-bond donors (Lipinski definition) is 1. The van der Waals surface area contributed by atoms with E-state index in [0.717, 1.165) is 43.4 Å². The highest BCUT2D eigenvalue weighted by molar-refractivity contribution is 5.94. The van der Waals surface area contributed by atoms with Crippen LogP contribution in [0, 0.1) is 5.41 Å². The van der Waals surface area contributed by atoms with Crippen molar-refractivity contribution in [3.05, 3.63) is 59.4 Å². The fraction of sp³-hybridized carbons (Fsp3) is 0.462. The molecule has 1 aromatic heterocycles. The van der Waals surface area contributed by atoms with Gasteiger partial charge in [0, 0.05) is 16.8 Å². The van der Waals surface area contributed by atoms with E-state index in [-0.39, 0.29) is 16.9 Å². The van der Waals surface area contributed by atoms with E-state index in [2.05, 4.69) is 82.4 Å². The summed E-state index contributed by atoms with van der Waals surface area (Å²) in [5, 5.41) is 10.5. The van der Waals surface area contributed by atoms with Crippen molar-refractivity contribution in [3.63, 3.8) is 0 Å². The summed E-state index contributed by atoms with van der Waals surface area (Å²) in [6, 6.07) is 14.8. The molecule has 0 saturated carbocycles. The molecule has 158 valence electrons. The van der Waals surface area contributed by atoms with E-state index < -0.39 is 0 Å². The molecule has 2 aromatic carbocycles. The number of nitrogens with zero attached hydrogens (tertiary/aromatic N) is 2. The molecule has 1 N–H and O–H groups in total. The number of nitrogens with one attached hydrogen (secondary N) is 1. The van der Waals surface area contributed by atoms with Crippen LogP contribution in [-0.4, -0.2) is 21.2 Å². The molecule has 4 heteroatoms. The van der Waals surface area contributed by atoms with Crippen LogP contribution in [0.25, 0.3) is 16.5 Å². The monoisotopic (exact) mass is 403 g/mol. The molecule has 0 unspecified atom stereocenters. The molecule has 0 aliphatic heterocycles.